The molecule has 0 unspecified atom stereocenters. The summed E-state index contributed by atoms with van der Waals surface area (Å²) in [7, 11) is 0. The number of carbonyl (C=O) groups is 1. The van der Waals surface area contributed by atoms with Gasteiger partial charge in [-0.15, -0.1) is 0 Å². The second-order valence-electron chi connectivity index (χ2n) is 4.15. The number of nitrogens with one attached hydrogen (secondary N) is 1. The number of anilines is 1. The van der Waals surface area contributed by atoms with E-state index < -0.39 is 11.7 Å². The van der Waals surface area contributed by atoms with E-state index in [9.17, 15) is 9.18 Å². The average Bonchev–Trinajstić information content (AvgIpc) is 2.87. The van der Waals surface area contributed by atoms with Crippen LogP contribution in [0.5, 0.6) is 0 Å². The van der Waals surface area contributed by atoms with Gasteiger partial charge >= 0.3 is 0 Å². The first-order valence-electron chi connectivity index (χ1n) is 5.80. The summed E-state index contributed by atoms with van der Waals surface area (Å²) in [4.78, 5) is 20.0. The summed E-state index contributed by atoms with van der Waals surface area (Å²) in [6.07, 6.45) is 4.73. The molecule has 0 atom stereocenters. The molecule has 0 saturated carbocycles. The number of hydrogen-bond acceptors (Lipinski definition) is 3. The predicted octanol–water partition coefficient (Wildman–Crippen LogP) is 3.43. The molecule has 5 nitrogen and oxygen atoms in total. The van der Waals surface area contributed by atoms with E-state index in [1.165, 1.54) is 18.3 Å². The van der Waals surface area contributed by atoms with Crippen molar-refractivity contribution in [2.45, 2.75) is 0 Å². The topological polar surface area (TPSA) is 59.3 Å². The van der Waals surface area contributed by atoms with Crippen LogP contribution in [0.2, 0.25) is 10.2 Å². The summed E-state index contributed by atoms with van der Waals surface area (Å²) in [5.74, 6) is -1.17. The zero-order valence-corrected chi connectivity index (χ0v) is 11.9. The SMILES string of the molecule is O=C(Nc1cn2ccnc2c(Cl)n1)c1ccc(Cl)cc1F. The summed E-state index contributed by atoms with van der Waals surface area (Å²) in [6.45, 7) is 0. The van der Waals surface area contributed by atoms with Gasteiger partial charge in [0.25, 0.3) is 5.91 Å². The summed E-state index contributed by atoms with van der Waals surface area (Å²) in [5.41, 5.74) is 0.329. The molecule has 2 aromatic heterocycles. The maximum atomic E-state index is 13.7. The van der Waals surface area contributed by atoms with Gasteiger partial charge in [-0.1, -0.05) is 23.2 Å². The maximum absolute atomic E-state index is 13.7. The van der Waals surface area contributed by atoms with Crippen LogP contribution < -0.4 is 5.32 Å². The first-order valence-corrected chi connectivity index (χ1v) is 6.56. The van der Waals surface area contributed by atoms with Crippen molar-refractivity contribution in [1.29, 1.82) is 0 Å². The van der Waals surface area contributed by atoms with E-state index in [4.69, 9.17) is 23.2 Å². The van der Waals surface area contributed by atoms with Crippen LogP contribution in [0.25, 0.3) is 5.65 Å². The number of benzene rings is 1. The van der Waals surface area contributed by atoms with E-state index in [1.807, 2.05) is 0 Å². The Labute approximate surface area is 128 Å². The van der Waals surface area contributed by atoms with E-state index >= 15 is 0 Å². The number of amides is 1. The van der Waals surface area contributed by atoms with Crippen LogP contribution in [-0.4, -0.2) is 20.3 Å². The van der Waals surface area contributed by atoms with Gasteiger partial charge in [0.1, 0.15) is 5.82 Å². The zero-order chi connectivity index (χ0) is 15.0. The monoisotopic (exact) mass is 324 g/mol. The highest BCUT2D eigenvalue weighted by Gasteiger charge is 2.14. The van der Waals surface area contributed by atoms with Gasteiger partial charge < -0.3 is 9.72 Å². The summed E-state index contributed by atoms with van der Waals surface area (Å²) >= 11 is 11.6. The first-order chi connectivity index (χ1) is 10.0. The van der Waals surface area contributed by atoms with Crippen LogP contribution >= 0.6 is 23.2 Å². The van der Waals surface area contributed by atoms with Crippen molar-refractivity contribution in [3.8, 4) is 0 Å². The number of carbonyl (C=O) groups excluding carboxylic acids is 1. The lowest BCUT2D eigenvalue weighted by molar-refractivity contribution is 0.102. The van der Waals surface area contributed by atoms with Gasteiger partial charge in [-0.3, -0.25) is 4.79 Å². The van der Waals surface area contributed by atoms with Gasteiger partial charge in [0.15, 0.2) is 16.6 Å². The van der Waals surface area contributed by atoms with E-state index in [0.717, 1.165) is 6.07 Å². The molecular formula is C13H7Cl2FN4O. The van der Waals surface area contributed by atoms with E-state index in [2.05, 4.69) is 15.3 Å². The number of fused-ring (bicyclic) bond motifs is 1. The fraction of sp³-hybridized carbons (Fsp3) is 0. The maximum Gasteiger partial charge on any atom is 0.259 e. The van der Waals surface area contributed by atoms with Crippen molar-refractivity contribution >= 4 is 40.6 Å². The third-order valence-electron chi connectivity index (χ3n) is 2.75. The quantitative estimate of drug-likeness (QED) is 0.785. The third kappa shape index (κ3) is 2.68. The van der Waals surface area contributed by atoms with E-state index in [0.29, 0.717) is 5.65 Å². The number of hydrogen-bond donors (Lipinski definition) is 1. The zero-order valence-electron chi connectivity index (χ0n) is 10.3. The first kappa shape index (κ1) is 13.8. The lowest BCUT2D eigenvalue weighted by atomic mass is 10.2. The lowest BCUT2D eigenvalue weighted by Crippen LogP contribution is -2.15. The van der Waals surface area contributed by atoms with Crippen molar-refractivity contribution in [3.63, 3.8) is 0 Å². The number of rotatable bonds is 2. The molecule has 21 heavy (non-hydrogen) atoms. The average molecular weight is 325 g/mol. The number of aromatic nitrogens is 3. The molecule has 0 fully saturated rings. The highest BCUT2D eigenvalue weighted by molar-refractivity contribution is 6.32. The number of halogens is 3. The third-order valence-corrected chi connectivity index (χ3v) is 3.24. The minimum Gasteiger partial charge on any atom is -0.305 e. The summed E-state index contributed by atoms with van der Waals surface area (Å²) < 4.78 is 15.3. The predicted molar refractivity (Wildman–Crippen MR) is 77.4 cm³/mol. The Morgan fingerprint density at radius 1 is 1.33 bits per heavy atom. The Bertz CT molecular complexity index is 849. The molecular weight excluding hydrogens is 318 g/mol. The molecule has 0 aliphatic heterocycles. The minimum absolute atomic E-state index is 0.134. The molecule has 106 valence electrons. The van der Waals surface area contributed by atoms with Crippen LogP contribution in [0.3, 0.4) is 0 Å². The molecule has 0 aliphatic carbocycles. The number of imidazole rings is 1. The molecule has 1 aromatic carbocycles. The molecule has 0 aliphatic rings. The van der Waals surface area contributed by atoms with Crippen LogP contribution in [0, 0.1) is 5.82 Å². The van der Waals surface area contributed by atoms with Gasteiger partial charge in [0.05, 0.1) is 11.8 Å². The second kappa shape index (κ2) is 5.31. The van der Waals surface area contributed by atoms with Crippen molar-refractivity contribution in [3.05, 3.63) is 58.3 Å². The van der Waals surface area contributed by atoms with E-state index in [-0.39, 0.29) is 21.6 Å². The second-order valence-corrected chi connectivity index (χ2v) is 4.95. The molecule has 1 N–H and O–H groups in total. The Kier molecular flexibility index (Phi) is 3.48. The fourth-order valence-electron chi connectivity index (χ4n) is 1.81. The molecule has 0 saturated heterocycles. The van der Waals surface area contributed by atoms with Gasteiger partial charge in [-0.25, -0.2) is 14.4 Å². The smallest absolute Gasteiger partial charge is 0.259 e. The van der Waals surface area contributed by atoms with Crippen LogP contribution in [0.1, 0.15) is 10.4 Å². The molecule has 2 heterocycles. The largest absolute Gasteiger partial charge is 0.305 e. The lowest BCUT2D eigenvalue weighted by Gasteiger charge is -2.07. The fourth-order valence-corrected chi connectivity index (χ4v) is 2.21. The van der Waals surface area contributed by atoms with Crippen LogP contribution in [0.4, 0.5) is 10.2 Å². The van der Waals surface area contributed by atoms with Gasteiger partial charge in [0, 0.05) is 17.4 Å². The Morgan fingerprint density at radius 3 is 2.90 bits per heavy atom. The molecule has 0 bridgehead atoms. The molecule has 8 heteroatoms. The molecule has 0 spiro atoms. The minimum atomic E-state index is -0.713. The molecule has 3 aromatic rings. The summed E-state index contributed by atoms with van der Waals surface area (Å²) in [6, 6.07) is 3.79. The standard InChI is InChI=1S/C13H7Cl2FN4O/c14-7-1-2-8(9(16)5-7)13(21)19-10-6-20-4-3-17-12(20)11(15)18-10/h1-6H,(H,19,21). The highest BCUT2D eigenvalue weighted by Crippen LogP contribution is 2.18. The van der Waals surface area contributed by atoms with Crippen LogP contribution in [0.15, 0.2) is 36.8 Å². The Hall–Kier alpha value is -2.18. The van der Waals surface area contributed by atoms with Crippen molar-refractivity contribution in [2.75, 3.05) is 5.32 Å². The Morgan fingerprint density at radius 2 is 2.14 bits per heavy atom. The van der Waals surface area contributed by atoms with Gasteiger partial charge in [-0.2, -0.15) is 0 Å². The van der Waals surface area contributed by atoms with Crippen LogP contribution in [-0.2, 0) is 0 Å². The van der Waals surface area contributed by atoms with Gasteiger partial charge in [-0.05, 0) is 18.2 Å². The van der Waals surface area contributed by atoms with E-state index in [1.54, 1.807) is 16.8 Å². The van der Waals surface area contributed by atoms with Crippen molar-refractivity contribution in [1.82, 2.24) is 14.4 Å². The Balaban J connectivity index is 1.92. The molecule has 3 rings (SSSR count). The highest BCUT2D eigenvalue weighted by atomic mass is 35.5. The molecule has 0 radical (unpaired) electrons. The van der Waals surface area contributed by atoms with Gasteiger partial charge in [0.2, 0.25) is 0 Å². The van der Waals surface area contributed by atoms with Crippen molar-refractivity contribution in [2.24, 2.45) is 0 Å². The summed E-state index contributed by atoms with van der Waals surface area (Å²) in [5, 5.41) is 2.82. The number of nitrogens with zero attached hydrogens (tertiary/aromatic N) is 3. The van der Waals surface area contributed by atoms with Crippen molar-refractivity contribution < 1.29 is 9.18 Å². The normalized spacial score (nSPS) is 10.8. The molecule has 1 amide bonds.